The molecule has 1 aliphatic rings. The fraction of sp³-hybridized carbons (Fsp3) is 0.261. The summed E-state index contributed by atoms with van der Waals surface area (Å²) in [5, 5.41) is 4.43. The highest BCUT2D eigenvalue weighted by Crippen LogP contribution is 2.34. The van der Waals surface area contributed by atoms with Crippen LogP contribution in [-0.2, 0) is 9.53 Å². The molecule has 0 N–H and O–H groups in total. The summed E-state index contributed by atoms with van der Waals surface area (Å²) in [6.45, 7) is 1.66. The third-order valence-corrected chi connectivity index (χ3v) is 5.66. The van der Waals surface area contributed by atoms with Crippen LogP contribution in [0.1, 0.15) is 22.5 Å². The van der Waals surface area contributed by atoms with Crippen molar-refractivity contribution in [3.8, 4) is 17.0 Å². The number of amides is 1. The molecule has 166 valence electrons. The highest BCUT2D eigenvalue weighted by atomic mass is 35.5. The van der Waals surface area contributed by atoms with E-state index < -0.39 is 29.8 Å². The first-order valence-corrected chi connectivity index (χ1v) is 10.3. The minimum Gasteiger partial charge on any atom is -0.485 e. The monoisotopic (exact) mass is 458 g/mol. The molecule has 0 spiro atoms. The summed E-state index contributed by atoms with van der Waals surface area (Å²) in [6, 6.07) is 12.0. The molecule has 7 nitrogen and oxygen atoms in total. The van der Waals surface area contributed by atoms with Gasteiger partial charge in [-0.25, -0.2) is 9.18 Å². The molecular formula is C23H20ClFN2O5. The van der Waals surface area contributed by atoms with Crippen LogP contribution in [0.5, 0.6) is 5.75 Å². The Labute approximate surface area is 188 Å². The van der Waals surface area contributed by atoms with Gasteiger partial charge < -0.3 is 18.9 Å². The number of aromatic nitrogens is 1. The van der Waals surface area contributed by atoms with E-state index in [4.69, 9.17) is 25.6 Å². The lowest BCUT2D eigenvalue weighted by Gasteiger charge is -2.22. The zero-order valence-corrected chi connectivity index (χ0v) is 18.1. The number of methoxy groups -OCH3 is 1. The third-order valence-electron chi connectivity index (χ3n) is 5.33. The van der Waals surface area contributed by atoms with Gasteiger partial charge in [0.15, 0.2) is 11.6 Å². The number of hydrogen-bond donors (Lipinski definition) is 0. The van der Waals surface area contributed by atoms with E-state index in [-0.39, 0.29) is 35.7 Å². The maximum Gasteiger partial charge on any atom is 0.328 e. The SMILES string of the molecule is COC(=O)C1CC(Oc2ccccc2F)CN1C(=O)c1c(-c2ccccc2Cl)noc1C. The van der Waals surface area contributed by atoms with Gasteiger partial charge in [0.2, 0.25) is 0 Å². The van der Waals surface area contributed by atoms with Gasteiger partial charge in [0.25, 0.3) is 5.91 Å². The molecule has 0 aliphatic carbocycles. The number of rotatable bonds is 5. The molecule has 2 atom stereocenters. The van der Waals surface area contributed by atoms with Crippen LogP contribution in [0.15, 0.2) is 53.1 Å². The summed E-state index contributed by atoms with van der Waals surface area (Å²) >= 11 is 6.30. The number of nitrogens with zero attached hydrogens (tertiary/aromatic N) is 2. The van der Waals surface area contributed by atoms with Gasteiger partial charge in [0.1, 0.15) is 29.2 Å². The van der Waals surface area contributed by atoms with Gasteiger partial charge in [0.05, 0.1) is 18.7 Å². The van der Waals surface area contributed by atoms with Gasteiger partial charge in [-0.15, -0.1) is 0 Å². The molecule has 0 radical (unpaired) electrons. The molecule has 1 aliphatic heterocycles. The molecule has 0 bridgehead atoms. The van der Waals surface area contributed by atoms with Crippen molar-refractivity contribution in [2.24, 2.45) is 0 Å². The summed E-state index contributed by atoms with van der Waals surface area (Å²) in [5.74, 6) is -1.26. The molecule has 1 aromatic heterocycles. The molecule has 32 heavy (non-hydrogen) atoms. The zero-order chi connectivity index (χ0) is 22.8. The largest absolute Gasteiger partial charge is 0.485 e. The number of benzene rings is 2. The van der Waals surface area contributed by atoms with Crippen molar-refractivity contribution < 1.29 is 28.0 Å². The van der Waals surface area contributed by atoms with Crippen LogP contribution in [0, 0.1) is 12.7 Å². The van der Waals surface area contributed by atoms with Crippen LogP contribution in [0.25, 0.3) is 11.3 Å². The molecule has 2 aromatic carbocycles. The van der Waals surface area contributed by atoms with Crippen molar-refractivity contribution in [2.75, 3.05) is 13.7 Å². The summed E-state index contributed by atoms with van der Waals surface area (Å²) in [7, 11) is 1.25. The standard InChI is InChI=1S/C23H20ClFN2O5/c1-13-20(21(26-32-13)15-7-3-4-8-16(15)24)22(28)27-12-14(11-18(27)23(29)30-2)31-19-10-6-5-9-17(19)25/h3-10,14,18H,11-12H2,1-2H3. The number of carbonyl (C=O) groups excluding carboxylic acids is 2. The molecule has 4 rings (SSSR count). The number of hydrogen-bond acceptors (Lipinski definition) is 6. The summed E-state index contributed by atoms with van der Waals surface area (Å²) in [4.78, 5) is 27.4. The maximum atomic E-state index is 14.0. The van der Waals surface area contributed by atoms with E-state index in [1.54, 1.807) is 43.3 Å². The Hall–Kier alpha value is -3.39. The van der Waals surface area contributed by atoms with E-state index in [1.165, 1.54) is 24.1 Å². The van der Waals surface area contributed by atoms with Gasteiger partial charge in [-0.3, -0.25) is 4.79 Å². The molecule has 2 unspecified atom stereocenters. The van der Waals surface area contributed by atoms with Crippen molar-refractivity contribution in [1.82, 2.24) is 10.1 Å². The Balaban J connectivity index is 1.66. The fourth-order valence-corrected chi connectivity index (χ4v) is 4.02. The quantitative estimate of drug-likeness (QED) is 0.531. The van der Waals surface area contributed by atoms with Crippen LogP contribution in [0.4, 0.5) is 4.39 Å². The maximum absolute atomic E-state index is 14.0. The van der Waals surface area contributed by atoms with E-state index in [1.807, 2.05) is 0 Å². The van der Waals surface area contributed by atoms with Crippen LogP contribution in [0.2, 0.25) is 5.02 Å². The van der Waals surface area contributed by atoms with Gasteiger partial charge in [-0.05, 0) is 25.1 Å². The van der Waals surface area contributed by atoms with Crippen molar-refractivity contribution in [3.05, 3.63) is 70.7 Å². The number of aryl methyl sites for hydroxylation is 1. The number of para-hydroxylation sites is 1. The molecule has 0 saturated carbocycles. The summed E-state index contributed by atoms with van der Waals surface area (Å²) < 4.78 is 30.0. The van der Waals surface area contributed by atoms with Gasteiger partial charge >= 0.3 is 5.97 Å². The normalized spacial score (nSPS) is 17.9. The molecule has 1 saturated heterocycles. The van der Waals surface area contributed by atoms with Crippen LogP contribution in [0.3, 0.4) is 0 Å². The number of halogens is 2. The van der Waals surface area contributed by atoms with E-state index in [9.17, 15) is 14.0 Å². The molecule has 3 aromatic rings. The first kappa shape index (κ1) is 21.8. The Morgan fingerprint density at radius 1 is 1.19 bits per heavy atom. The zero-order valence-electron chi connectivity index (χ0n) is 17.4. The predicted octanol–water partition coefficient (Wildman–Crippen LogP) is 4.28. The Morgan fingerprint density at radius 2 is 1.91 bits per heavy atom. The van der Waals surface area contributed by atoms with Crippen LogP contribution < -0.4 is 4.74 Å². The lowest BCUT2D eigenvalue weighted by atomic mass is 10.0. The van der Waals surface area contributed by atoms with Gasteiger partial charge in [0, 0.05) is 12.0 Å². The first-order valence-electron chi connectivity index (χ1n) is 9.91. The lowest BCUT2D eigenvalue weighted by molar-refractivity contribution is -0.145. The Morgan fingerprint density at radius 3 is 2.62 bits per heavy atom. The number of likely N-dealkylation sites (tertiary alicyclic amines) is 1. The van der Waals surface area contributed by atoms with Crippen molar-refractivity contribution in [3.63, 3.8) is 0 Å². The van der Waals surface area contributed by atoms with E-state index in [0.717, 1.165) is 0 Å². The topological polar surface area (TPSA) is 81.9 Å². The molecule has 1 fully saturated rings. The van der Waals surface area contributed by atoms with Crippen molar-refractivity contribution in [1.29, 1.82) is 0 Å². The summed E-state index contributed by atoms with van der Waals surface area (Å²) in [5.41, 5.74) is 1.00. The highest BCUT2D eigenvalue weighted by molar-refractivity contribution is 6.33. The molecule has 2 heterocycles. The van der Waals surface area contributed by atoms with E-state index in [0.29, 0.717) is 10.6 Å². The second-order valence-corrected chi connectivity index (χ2v) is 7.75. The fourth-order valence-electron chi connectivity index (χ4n) is 3.79. The Bertz CT molecular complexity index is 1160. The molecule has 1 amide bonds. The second-order valence-electron chi connectivity index (χ2n) is 7.34. The average molecular weight is 459 g/mol. The minimum absolute atomic E-state index is 0.0494. The van der Waals surface area contributed by atoms with Gasteiger partial charge in [-0.2, -0.15) is 0 Å². The van der Waals surface area contributed by atoms with Gasteiger partial charge in [-0.1, -0.05) is 47.1 Å². The Kier molecular flexibility index (Phi) is 6.14. The van der Waals surface area contributed by atoms with E-state index in [2.05, 4.69) is 5.16 Å². The number of carbonyl (C=O) groups is 2. The highest BCUT2D eigenvalue weighted by Gasteiger charge is 2.43. The molecule has 9 heteroatoms. The predicted molar refractivity (Wildman–Crippen MR) is 114 cm³/mol. The van der Waals surface area contributed by atoms with Crippen molar-refractivity contribution >= 4 is 23.5 Å². The summed E-state index contributed by atoms with van der Waals surface area (Å²) in [6.07, 6.45) is -0.456. The number of ether oxygens (including phenoxy) is 2. The van der Waals surface area contributed by atoms with Crippen LogP contribution in [-0.4, -0.2) is 47.7 Å². The number of esters is 1. The minimum atomic E-state index is -0.905. The van der Waals surface area contributed by atoms with Crippen LogP contribution >= 0.6 is 11.6 Å². The smallest absolute Gasteiger partial charge is 0.328 e. The second kappa shape index (κ2) is 9.00. The third kappa shape index (κ3) is 4.05. The van der Waals surface area contributed by atoms with E-state index >= 15 is 0 Å². The molecular weight excluding hydrogens is 439 g/mol. The first-order chi connectivity index (χ1) is 15.4. The van der Waals surface area contributed by atoms with Crippen molar-refractivity contribution in [2.45, 2.75) is 25.5 Å². The average Bonchev–Trinajstić information content (AvgIpc) is 3.38. The lowest BCUT2D eigenvalue weighted by Crippen LogP contribution is -2.41.